The Bertz CT molecular complexity index is 537. The SMILES string of the molecule is O=C(CSc1ccccc1Br)c1sccc1Br. The molecule has 0 spiro atoms. The molecule has 0 saturated heterocycles. The number of hydrogen-bond acceptors (Lipinski definition) is 3. The lowest BCUT2D eigenvalue weighted by Gasteiger charge is -2.02. The molecule has 0 aliphatic carbocycles. The number of thiophene rings is 1. The fraction of sp³-hybridized carbons (Fsp3) is 0.0833. The van der Waals surface area contributed by atoms with E-state index < -0.39 is 0 Å². The number of ketones is 1. The molecule has 0 unspecified atom stereocenters. The first kappa shape index (κ1) is 13.3. The molecule has 88 valence electrons. The van der Waals surface area contributed by atoms with E-state index in [4.69, 9.17) is 0 Å². The summed E-state index contributed by atoms with van der Waals surface area (Å²) in [5.41, 5.74) is 0. The average Bonchev–Trinajstić information content (AvgIpc) is 2.74. The molecule has 1 aromatic carbocycles. The molecule has 1 aromatic heterocycles. The fourth-order valence-electron chi connectivity index (χ4n) is 1.26. The molecule has 0 atom stereocenters. The van der Waals surface area contributed by atoms with Gasteiger partial charge >= 0.3 is 0 Å². The number of hydrogen-bond donors (Lipinski definition) is 0. The zero-order valence-electron chi connectivity index (χ0n) is 8.65. The van der Waals surface area contributed by atoms with Crippen molar-refractivity contribution in [3.05, 3.63) is 49.5 Å². The second-order valence-electron chi connectivity index (χ2n) is 3.24. The van der Waals surface area contributed by atoms with Crippen molar-refractivity contribution in [2.45, 2.75) is 4.90 Å². The third kappa shape index (κ3) is 3.44. The summed E-state index contributed by atoms with van der Waals surface area (Å²) < 4.78 is 1.92. The first-order chi connectivity index (χ1) is 8.18. The van der Waals surface area contributed by atoms with E-state index in [1.54, 1.807) is 11.8 Å². The molecule has 0 N–H and O–H groups in total. The van der Waals surface area contributed by atoms with Crippen molar-refractivity contribution in [3.8, 4) is 0 Å². The topological polar surface area (TPSA) is 17.1 Å². The Hall–Kier alpha value is -0.100. The number of benzene rings is 1. The zero-order valence-corrected chi connectivity index (χ0v) is 13.5. The van der Waals surface area contributed by atoms with Gasteiger partial charge in [-0.25, -0.2) is 0 Å². The lowest BCUT2D eigenvalue weighted by Crippen LogP contribution is -2.00. The van der Waals surface area contributed by atoms with Crippen LogP contribution in [0.25, 0.3) is 0 Å². The summed E-state index contributed by atoms with van der Waals surface area (Å²) >= 11 is 9.88. The van der Waals surface area contributed by atoms with Crippen molar-refractivity contribution < 1.29 is 4.79 Å². The van der Waals surface area contributed by atoms with E-state index in [1.807, 2.05) is 35.7 Å². The number of rotatable bonds is 4. The van der Waals surface area contributed by atoms with Gasteiger partial charge in [0, 0.05) is 13.8 Å². The molecule has 0 saturated carbocycles. The molecule has 0 radical (unpaired) electrons. The second-order valence-corrected chi connectivity index (χ2v) is 6.88. The number of thioether (sulfide) groups is 1. The second kappa shape index (κ2) is 6.18. The van der Waals surface area contributed by atoms with Crippen molar-refractivity contribution >= 4 is 60.7 Å². The number of Topliss-reactive ketones (excluding diaryl/α,β-unsaturated/α-hetero) is 1. The van der Waals surface area contributed by atoms with E-state index in [9.17, 15) is 4.79 Å². The van der Waals surface area contributed by atoms with Crippen molar-refractivity contribution in [1.82, 2.24) is 0 Å². The highest BCUT2D eigenvalue weighted by molar-refractivity contribution is 9.10. The van der Waals surface area contributed by atoms with Crippen LogP contribution < -0.4 is 0 Å². The summed E-state index contributed by atoms with van der Waals surface area (Å²) in [7, 11) is 0. The van der Waals surface area contributed by atoms with Crippen LogP contribution in [0.5, 0.6) is 0 Å². The van der Waals surface area contributed by atoms with Gasteiger partial charge in [-0.1, -0.05) is 12.1 Å². The minimum atomic E-state index is 0.160. The summed E-state index contributed by atoms with van der Waals surface area (Å²) in [6, 6.07) is 9.82. The molecule has 0 fully saturated rings. The van der Waals surface area contributed by atoms with Crippen LogP contribution in [0.2, 0.25) is 0 Å². The normalized spacial score (nSPS) is 10.5. The lowest BCUT2D eigenvalue weighted by atomic mass is 10.3. The molecule has 5 heteroatoms. The molecular weight excluding hydrogens is 384 g/mol. The summed E-state index contributed by atoms with van der Waals surface area (Å²) in [6.07, 6.45) is 0. The largest absolute Gasteiger partial charge is 0.292 e. The Balaban J connectivity index is 2.02. The highest BCUT2D eigenvalue weighted by atomic mass is 79.9. The van der Waals surface area contributed by atoms with Crippen molar-refractivity contribution in [2.24, 2.45) is 0 Å². The average molecular weight is 392 g/mol. The van der Waals surface area contributed by atoms with E-state index in [0.29, 0.717) is 5.75 Å². The molecule has 0 bridgehead atoms. The highest BCUT2D eigenvalue weighted by Gasteiger charge is 2.12. The van der Waals surface area contributed by atoms with Crippen LogP contribution in [-0.4, -0.2) is 11.5 Å². The number of carbonyl (C=O) groups excluding carboxylic acids is 1. The van der Waals surface area contributed by atoms with E-state index >= 15 is 0 Å². The first-order valence-corrected chi connectivity index (χ1v) is 8.27. The monoisotopic (exact) mass is 390 g/mol. The van der Waals surface area contributed by atoms with Crippen LogP contribution in [0.4, 0.5) is 0 Å². The van der Waals surface area contributed by atoms with Crippen LogP contribution in [0, 0.1) is 0 Å². The van der Waals surface area contributed by atoms with Crippen LogP contribution in [0.1, 0.15) is 9.67 Å². The van der Waals surface area contributed by atoms with E-state index in [0.717, 1.165) is 18.7 Å². The van der Waals surface area contributed by atoms with Gasteiger partial charge in [0.15, 0.2) is 5.78 Å². The third-order valence-electron chi connectivity index (χ3n) is 2.07. The number of halogens is 2. The van der Waals surface area contributed by atoms with Gasteiger partial charge in [-0.2, -0.15) is 0 Å². The van der Waals surface area contributed by atoms with Gasteiger partial charge in [0.1, 0.15) is 0 Å². The molecule has 1 nitrogen and oxygen atoms in total. The lowest BCUT2D eigenvalue weighted by molar-refractivity contribution is 0.102. The molecule has 2 aromatic rings. The molecule has 17 heavy (non-hydrogen) atoms. The minimum Gasteiger partial charge on any atom is -0.292 e. The van der Waals surface area contributed by atoms with Gasteiger partial charge in [0.05, 0.1) is 10.6 Å². The minimum absolute atomic E-state index is 0.160. The maximum Gasteiger partial charge on any atom is 0.184 e. The Morgan fingerprint density at radius 1 is 1.18 bits per heavy atom. The van der Waals surface area contributed by atoms with Gasteiger partial charge < -0.3 is 0 Å². The maximum atomic E-state index is 12.0. The van der Waals surface area contributed by atoms with Crippen molar-refractivity contribution in [1.29, 1.82) is 0 Å². The van der Waals surface area contributed by atoms with E-state index in [1.165, 1.54) is 11.3 Å². The highest BCUT2D eigenvalue weighted by Crippen LogP contribution is 2.29. The molecule has 2 rings (SSSR count). The molecule has 1 heterocycles. The van der Waals surface area contributed by atoms with Gasteiger partial charge in [0.2, 0.25) is 0 Å². The van der Waals surface area contributed by atoms with E-state index in [-0.39, 0.29) is 5.78 Å². The summed E-state index contributed by atoms with van der Waals surface area (Å²) in [4.78, 5) is 13.8. The van der Waals surface area contributed by atoms with Gasteiger partial charge in [0.25, 0.3) is 0 Å². The predicted molar refractivity (Wildman–Crippen MR) is 81.2 cm³/mol. The summed E-state index contributed by atoms with van der Waals surface area (Å²) in [6.45, 7) is 0. The zero-order chi connectivity index (χ0) is 12.3. The third-order valence-corrected chi connectivity index (χ3v) is 5.97. The Morgan fingerprint density at radius 3 is 2.59 bits per heavy atom. The Labute approximate surface area is 125 Å². The van der Waals surface area contributed by atoms with Crippen LogP contribution >= 0.6 is 55.0 Å². The van der Waals surface area contributed by atoms with Gasteiger partial charge in [-0.3, -0.25) is 4.79 Å². The van der Waals surface area contributed by atoms with Crippen LogP contribution in [-0.2, 0) is 0 Å². The number of carbonyl (C=O) groups is 1. The van der Waals surface area contributed by atoms with Crippen LogP contribution in [0.15, 0.2) is 49.6 Å². The quantitative estimate of drug-likeness (QED) is 0.523. The predicted octanol–water partition coefficient (Wildman–Crippen LogP) is 5.25. The first-order valence-electron chi connectivity index (χ1n) is 4.82. The molecular formula is C12H8Br2OS2. The maximum absolute atomic E-state index is 12.0. The van der Waals surface area contributed by atoms with Crippen LogP contribution in [0.3, 0.4) is 0 Å². The van der Waals surface area contributed by atoms with Gasteiger partial charge in [-0.15, -0.1) is 23.1 Å². The van der Waals surface area contributed by atoms with Crippen molar-refractivity contribution in [2.75, 3.05) is 5.75 Å². The smallest absolute Gasteiger partial charge is 0.184 e. The Kier molecular flexibility index (Phi) is 4.85. The standard InChI is InChI=1S/C12H8Br2OS2/c13-8-3-1-2-4-11(8)17-7-10(15)12-9(14)5-6-16-12/h1-6H,7H2. The van der Waals surface area contributed by atoms with Gasteiger partial charge in [-0.05, 0) is 55.4 Å². The fourth-order valence-corrected chi connectivity index (χ4v) is 4.33. The molecule has 0 aliphatic heterocycles. The summed E-state index contributed by atoms with van der Waals surface area (Å²) in [5.74, 6) is 0.620. The van der Waals surface area contributed by atoms with Crippen molar-refractivity contribution in [3.63, 3.8) is 0 Å². The molecule has 0 amide bonds. The van der Waals surface area contributed by atoms with E-state index in [2.05, 4.69) is 31.9 Å². The summed E-state index contributed by atoms with van der Waals surface area (Å²) in [5, 5.41) is 1.92. The molecule has 0 aliphatic rings. The Morgan fingerprint density at radius 2 is 1.94 bits per heavy atom.